The van der Waals surface area contributed by atoms with E-state index >= 15 is 0 Å². The third-order valence-corrected chi connectivity index (χ3v) is 4.53. The van der Waals surface area contributed by atoms with Crippen LogP contribution in [-0.4, -0.2) is 30.9 Å². The molecule has 0 radical (unpaired) electrons. The Morgan fingerprint density at radius 1 is 1.44 bits per heavy atom. The van der Waals surface area contributed by atoms with Crippen molar-refractivity contribution in [2.24, 2.45) is 11.8 Å². The topological polar surface area (TPSA) is 69.7 Å². The maximum atomic E-state index is 11.8. The Bertz CT molecular complexity index is 612. The summed E-state index contributed by atoms with van der Waals surface area (Å²) in [6, 6.07) is 0. The highest BCUT2D eigenvalue weighted by Gasteiger charge is 2.38. The first-order valence-electron chi connectivity index (χ1n) is 8.78. The number of fused-ring (bicyclic) bond motifs is 1. The maximum Gasteiger partial charge on any atom is 0.334 e. The van der Waals surface area contributed by atoms with Crippen LogP contribution in [0.2, 0.25) is 0 Å². The van der Waals surface area contributed by atoms with Gasteiger partial charge in [-0.25, -0.2) is 4.79 Å². The second-order valence-corrected chi connectivity index (χ2v) is 7.07. The number of aldehydes is 1. The molecule has 2 unspecified atom stereocenters. The molecule has 0 aromatic rings. The zero-order valence-electron chi connectivity index (χ0n) is 15.0. The fourth-order valence-corrected chi connectivity index (χ4v) is 3.10. The molecule has 1 aliphatic carbocycles. The fourth-order valence-electron chi connectivity index (χ4n) is 3.10. The third kappa shape index (κ3) is 5.41. The minimum absolute atomic E-state index is 0.143. The van der Waals surface area contributed by atoms with Crippen molar-refractivity contribution in [3.8, 4) is 0 Å². The predicted molar refractivity (Wildman–Crippen MR) is 93.6 cm³/mol. The summed E-state index contributed by atoms with van der Waals surface area (Å²) in [5.74, 6) is -0.485. The molecule has 5 heteroatoms. The van der Waals surface area contributed by atoms with Crippen molar-refractivity contribution >= 4 is 18.2 Å². The van der Waals surface area contributed by atoms with E-state index in [0.29, 0.717) is 43.3 Å². The summed E-state index contributed by atoms with van der Waals surface area (Å²) in [5.41, 5.74) is 2.07. The molecular weight excluding hydrogens is 320 g/mol. The summed E-state index contributed by atoms with van der Waals surface area (Å²) in [6.07, 6.45) is 7.17. The van der Waals surface area contributed by atoms with Crippen LogP contribution in [-0.2, 0) is 23.9 Å². The third-order valence-electron chi connectivity index (χ3n) is 4.53. The van der Waals surface area contributed by atoms with Crippen molar-refractivity contribution in [3.05, 3.63) is 35.5 Å². The van der Waals surface area contributed by atoms with Gasteiger partial charge in [0.25, 0.3) is 0 Å². The van der Waals surface area contributed by atoms with Gasteiger partial charge in [0, 0.05) is 24.3 Å². The first kappa shape index (κ1) is 19.2. The number of hydrogen-bond acceptors (Lipinski definition) is 5. The summed E-state index contributed by atoms with van der Waals surface area (Å²) >= 11 is 0. The Morgan fingerprint density at radius 3 is 2.88 bits per heavy atom. The standard InChI is InChI=1S/C20H26O5/c1-13(2)9-19(22)24-12-15-5-4-6-16(11-21)10-18-17(8-7-15)14(3)20(23)25-18/h6-7,11,13,17-18H,3-5,8-10,12H2,1-2H3. The van der Waals surface area contributed by atoms with Gasteiger partial charge in [0.2, 0.25) is 0 Å². The van der Waals surface area contributed by atoms with Gasteiger partial charge in [0.1, 0.15) is 19.0 Å². The summed E-state index contributed by atoms with van der Waals surface area (Å²) < 4.78 is 10.7. The first-order chi connectivity index (χ1) is 11.9. The van der Waals surface area contributed by atoms with Gasteiger partial charge in [-0.1, -0.05) is 32.6 Å². The van der Waals surface area contributed by atoms with Gasteiger partial charge in [-0.15, -0.1) is 0 Å². The normalized spacial score (nSPS) is 24.1. The average Bonchev–Trinajstić information content (AvgIpc) is 2.82. The van der Waals surface area contributed by atoms with Crippen molar-refractivity contribution in [3.63, 3.8) is 0 Å². The van der Waals surface area contributed by atoms with Crippen molar-refractivity contribution in [1.82, 2.24) is 0 Å². The fraction of sp³-hybridized carbons (Fsp3) is 0.550. The zero-order valence-corrected chi connectivity index (χ0v) is 15.0. The SMILES string of the molecule is C=C1C(=O)OC2CC(C=O)=CCCC(COC(=O)CC(C)C)=CCC12. The Morgan fingerprint density at radius 2 is 2.20 bits per heavy atom. The number of esters is 2. The molecule has 0 aromatic carbocycles. The van der Waals surface area contributed by atoms with Crippen LogP contribution in [0.25, 0.3) is 0 Å². The van der Waals surface area contributed by atoms with Crippen LogP contribution in [0.4, 0.5) is 0 Å². The van der Waals surface area contributed by atoms with Crippen molar-refractivity contribution in [1.29, 1.82) is 0 Å². The summed E-state index contributed by atoms with van der Waals surface area (Å²) in [5, 5.41) is 0. The minimum atomic E-state index is -0.391. The molecule has 0 N–H and O–H groups in total. The zero-order chi connectivity index (χ0) is 18.4. The molecule has 5 nitrogen and oxygen atoms in total. The molecule has 2 rings (SSSR count). The Hall–Kier alpha value is -2.17. The maximum absolute atomic E-state index is 11.8. The molecule has 0 aromatic heterocycles. The molecule has 2 aliphatic rings. The molecule has 0 bridgehead atoms. The highest BCUT2D eigenvalue weighted by Crippen LogP contribution is 2.34. The van der Waals surface area contributed by atoms with Crippen LogP contribution in [0.1, 0.15) is 46.0 Å². The second-order valence-electron chi connectivity index (χ2n) is 7.07. The van der Waals surface area contributed by atoms with E-state index in [9.17, 15) is 14.4 Å². The molecule has 25 heavy (non-hydrogen) atoms. The molecule has 1 heterocycles. The second kappa shape index (κ2) is 8.79. The minimum Gasteiger partial charge on any atom is -0.461 e. The lowest BCUT2D eigenvalue weighted by atomic mass is 9.88. The lowest BCUT2D eigenvalue weighted by Gasteiger charge is -2.18. The van der Waals surface area contributed by atoms with Crippen molar-refractivity contribution in [2.75, 3.05) is 6.61 Å². The van der Waals surface area contributed by atoms with Crippen LogP contribution >= 0.6 is 0 Å². The lowest BCUT2D eigenvalue weighted by molar-refractivity contribution is -0.143. The van der Waals surface area contributed by atoms with Gasteiger partial charge in [-0.2, -0.15) is 0 Å². The molecule has 0 saturated carbocycles. The quantitative estimate of drug-likeness (QED) is 0.331. The van der Waals surface area contributed by atoms with E-state index in [1.54, 1.807) is 0 Å². The van der Waals surface area contributed by atoms with Crippen molar-refractivity contribution in [2.45, 2.75) is 52.1 Å². The molecule has 1 aliphatic heterocycles. The summed E-state index contributed by atoms with van der Waals surface area (Å²) in [7, 11) is 0. The van der Waals surface area contributed by atoms with E-state index in [-0.39, 0.29) is 30.5 Å². The van der Waals surface area contributed by atoms with Gasteiger partial charge in [0.15, 0.2) is 0 Å². The molecule has 2 atom stereocenters. The van der Waals surface area contributed by atoms with E-state index in [1.165, 1.54) is 0 Å². The van der Waals surface area contributed by atoms with Gasteiger partial charge in [-0.05, 0) is 36.3 Å². The van der Waals surface area contributed by atoms with Crippen LogP contribution in [0, 0.1) is 11.8 Å². The Kier molecular flexibility index (Phi) is 6.73. The Labute approximate surface area is 148 Å². The molecule has 0 spiro atoms. The van der Waals surface area contributed by atoms with Gasteiger partial charge >= 0.3 is 11.9 Å². The summed E-state index contributed by atoms with van der Waals surface area (Å²) in [6.45, 7) is 8.02. The highest BCUT2D eigenvalue weighted by atomic mass is 16.6. The largest absolute Gasteiger partial charge is 0.461 e. The number of rotatable bonds is 5. The first-order valence-corrected chi connectivity index (χ1v) is 8.78. The number of allylic oxidation sites excluding steroid dienone is 2. The van der Waals surface area contributed by atoms with Gasteiger partial charge < -0.3 is 9.47 Å². The van der Waals surface area contributed by atoms with Crippen molar-refractivity contribution < 1.29 is 23.9 Å². The van der Waals surface area contributed by atoms with Gasteiger partial charge in [-0.3, -0.25) is 9.59 Å². The Balaban J connectivity index is 2.09. The molecule has 0 amide bonds. The van der Waals surface area contributed by atoms with E-state index in [1.807, 2.05) is 26.0 Å². The predicted octanol–water partition coefficient (Wildman–Crippen LogP) is 3.30. The van der Waals surface area contributed by atoms with Crippen LogP contribution in [0.15, 0.2) is 35.5 Å². The molecule has 1 fully saturated rings. The number of carbonyl (C=O) groups excluding carboxylic acids is 3. The number of carbonyl (C=O) groups is 3. The van der Waals surface area contributed by atoms with E-state index in [0.717, 1.165) is 11.9 Å². The van der Waals surface area contributed by atoms with E-state index in [2.05, 4.69) is 6.58 Å². The molecule has 1 saturated heterocycles. The molecular formula is C20H26O5. The van der Waals surface area contributed by atoms with E-state index in [4.69, 9.17) is 9.47 Å². The van der Waals surface area contributed by atoms with Gasteiger partial charge in [0.05, 0.1) is 0 Å². The van der Waals surface area contributed by atoms with E-state index < -0.39 is 5.97 Å². The number of ether oxygens (including phenoxy) is 2. The lowest BCUT2D eigenvalue weighted by Crippen LogP contribution is -2.18. The highest BCUT2D eigenvalue weighted by molar-refractivity contribution is 5.91. The number of hydrogen-bond donors (Lipinski definition) is 0. The average molecular weight is 346 g/mol. The monoisotopic (exact) mass is 346 g/mol. The smallest absolute Gasteiger partial charge is 0.334 e. The molecule has 136 valence electrons. The van der Waals surface area contributed by atoms with Crippen LogP contribution < -0.4 is 0 Å². The van der Waals surface area contributed by atoms with Crippen LogP contribution in [0.5, 0.6) is 0 Å². The summed E-state index contributed by atoms with van der Waals surface area (Å²) in [4.78, 5) is 34.8. The van der Waals surface area contributed by atoms with Crippen LogP contribution in [0.3, 0.4) is 0 Å².